The number of rotatable bonds is 12. The number of halogens is 1. The van der Waals surface area contributed by atoms with Gasteiger partial charge in [-0.15, -0.1) is 22.7 Å². The largest absolute Gasteiger partial charge is 0.141 e. The molecular formula is C33H39BrS2Si. The first-order valence-corrected chi connectivity index (χ1v) is 19.0. The molecule has 0 bridgehead atoms. The van der Waals surface area contributed by atoms with Crippen LogP contribution in [0.5, 0.6) is 0 Å². The highest BCUT2D eigenvalue weighted by Gasteiger charge is 2.44. The lowest BCUT2D eigenvalue weighted by Crippen LogP contribution is -2.55. The van der Waals surface area contributed by atoms with Crippen LogP contribution < -0.4 is 10.4 Å². The molecule has 4 aromatic rings. The summed E-state index contributed by atoms with van der Waals surface area (Å²) >= 11 is 7.48. The van der Waals surface area contributed by atoms with Crippen molar-refractivity contribution in [1.29, 1.82) is 0 Å². The molecule has 0 radical (unpaired) electrons. The Balaban J connectivity index is 1.64. The quantitative estimate of drug-likeness (QED) is 0.111. The van der Waals surface area contributed by atoms with Crippen LogP contribution in [0.25, 0.3) is 32.0 Å². The van der Waals surface area contributed by atoms with Crippen molar-refractivity contribution in [2.75, 3.05) is 0 Å². The Hall–Kier alpha value is -1.46. The molecule has 3 heterocycles. The minimum Gasteiger partial charge on any atom is -0.141 e. The van der Waals surface area contributed by atoms with Gasteiger partial charge in [-0.25, -0.2) is 0 Å². The Labute approximate surface area is 241 Å². The van der Waals surface area contributed by atoms with E-state index in [1.54, 1.807) is 10.4 Å². The molecule has 1 aliphatic rings. The van der Waals surface area contributed by atoms with Crippen molar-refractivity contribution in [1.82, 2.24) is 0 Å². The van der Waals surface area contributed by atoms with Crippen LogP contribution in [0.2, 0.25) is 12.1 Å². The molecule has 2 aromatic heterocycles. The number of hydrogen-bond donors (Lipinski definition) is 0. The van der Waals surface area contributed by atoms with Gasteiger partial charge >= 0.3 is 0 Å². The predicted molar refractivity (Wildman–Crippen MR) is 174 cm³/mol. The Morgan fingerprint density at radius 2 is 1.16 bits per heavy atom. The molecule has 5 rings (SSSR count). The van der Waals surface area contributed by atoms with Crippen molar-refractivity contribution in [3.05, 3.63) is 69.3 Å². The highest BCUT2D eigenvalue weighted by atomic mass is 79.9. The minimum absolute atomic E-state index is 1.21. The van der Waals surface area contributed by atoms with Crippen molar-refractivity contribution in [3.8, 4) is 32.0 Å². The van der Waals surface area contributed by atoms with Gasteiger partial charge in [0.05, 0.1) is 3.79 Å². The molecule has 0 N–H and O–H groups in total. The first kappa shape index (κ1) is 27.1. The molecule has 0 atom stereocenters. The third kappa shape index (κ3) is 5.64. The number of aryl methyl sites for hydroxylation is 1. The summed E-state index contributed by atoms with van der Waals surface area (Å²) in [7, 11) is -1.89. The third-order valence-corrected chi connectivity index (χ3v) is 16.2. The van der Waals surface area contributed by atoms with E-state index in [1.165, 1.54) is 104 Å². The van der Waals surface area contributed by atoms with Crippen LogP contribution in [0.3, 0.4) is 0 Å². The molecule has 0 saturated carbocycles. The van der Waals surface area contributed by atoms with Gasteiger partial charge in [0.25, 0.3) is 0 Å². The zero-order chi connectivity index (χ0) is 25.8. The zero-order valence-electron chi connectivity index (χ0n) is 22.5. The van der Waals surface area contributed by atoms with Crippen molar-refractivity contribution in [3.63, 3.8) is 0 Å². The summed E-state index contributed by atoms with van der Waals surface area (Å²) in [6.45, 7) is 6.89. The van der Waals surface area contributed by atoms with Gasteiger partial charge in [0.1, 0.15) is 8.07 Å². The normalized spacial score (nSPS) is 13.6. The lowest BCUT2D eigenvalue weighted by Gasteiger charge is -2.31. The second-order valence-corrected chi connectivity index (χ2v) is 18.7. The molecule has 0 unspecified atom stereocenters. The third-order valence-electron chi connectivity index (χ3n) is 8.16. The number of hydrogen-bond acceptors (Lipinski definition) is 2. The van der Waals surface area contributed by atoms with E-state index in [9.17, 15) is 0 Å². The van der Waals surface area contributed by atoms with Gasteiger partial charge in [0.2, 0.25) is 0 Å². The summed E-state index contributed by atoms with van der Waals surface area (Å²) < 4.78 is 1.21. The highest BCUT2D eigenvalue weighted by Crippen LogP contribution is 2.40. The number of unbranched alkanes of at least 4 members (excludes halogenated alkanes) is 6. The molecule has 194 valence electrons. The number of thiophene rings is 2. The summed E-state index contributed by atoms with van der Waals surface area (Å²) in [6, 6.07) is 26.8. The van der Waals surface area contributed by atoms with E-state index in [0.29, 0.717) is 0 Å². The van der Waals surface area contributed by atoms with Gasteiger partial charge in [0, 0.05) is 14.6 Å². The van der Waals surface area contributed by atoms with Crippen LogP contribution in [0, 0.1) is 6.92 Å². The van der Waals surface area contributed by atoms with Gasteiger partial charge in [-0.2, -0.15) is 0 Å². The Morgan fingerprint density at radius 1 is 0.622 bits per heavy atom. The molecule has 0 nitrogen and oxygen atoms in total. The SMILES string of the molecule is CCCCCC[Si]1(CCCCCC)c2cc(-c3ccc(C)s3)ccc2-c2ccc(-c3ccc(Br)s3)cc21. The van der Waals surface area contributed by atoms with Gasteiger partial charge in [-0.05, 0) is 91.8 Å². The molecular weight excluding hydrogens is 568 g/mol. The Kier molecular flexibility index (Phi) is 8.91. The van der Waals surface area contributed by atoms with E-state index in [0.717, 1.165) is 0 Å². The van der Waals surface area contributed by atoms with Gasteiger partial charge in [-0.1, -0.05) is 102 Å². The summed E-state index contributed by atoms with van der Waals surface area (Å²) in [6.07, 6.45) is 10.8. The van der Waals surface area contributed by atoms with E-state index in [2.05, 4.69) is 97.4 Å². The van der Waals surface area contributed by atoms with Gasteiger partial charge in [-0.3, -0.25) is 0 Å². The van der Waals surface area contributed by atoms with Crippen LogP contribution in [-0.2, 0) is 0 Å². The smallest absolute Gasteiger partial charge is 0.119 e. The van der Waals surface area contributed by atoms with Crippen LogP contribution in [0.1, 0.15) is 70.1 Å². The molecule has 0 saturated heterocycles. The lowest BCUT2D eigenvalue weighted by molar-refractivity contribution is 0.684. The molecule has 0 spiro atoms. The molecule has 1 aliphatic heterocycles. The fourth-order valence-corrected chi connectivity index (χ4v) is 14.1. The summed E-state index contributed by atoms with van der Waals surface area (Å²) in [5.41, 5.74) is 5.88. The van der Waals surface area contributed by atoms with E-state index in [1.807, 2.05) is 22.7 Å². The minimum atomic E-state index is -1.89. The molecule has 4 heteroatoms. The lowest BCUT2D eigenvalue weighted by atomic mass is 10.0. The second kappa shape index (κ2) is 12.2. The molecule has 2 aromatic carbocycles. The van der Waals surface area contributed by atoms with Crippen LogP contribution >= 0.6 is 38.6 Å². The van der Waals surface area contributed by atoms with Crippen molar-refractivity contribution in [2.24, 2.45) is 0 Å². The summed E-state index contributed by atoms with van der Waals surface area (Å²) in [5, 5.41) is 3.44. The first-order chi connectivity index (χ1) is 18.1. The van der Waals surface area contributed by atoms with Crippen molar-refractivity contribution >= 4 is 57.1 Å². The predicted octanol–water partition coefficient (Wildman–Crippen LogP) is 10.9. The first-order valence-electron chi connectivity index (χ1n) is 14.2. The van der Waals surface area contributed by atoms with Gasteiger partial charge in [0.15, 0.2) is 0 Å². The van der Waals surface area contributed by atoms with E-state index in [4.69, 9.17) is 0 Å². The van der Waals surface area contributed by atoms with E-state index in [-0.39, 0.29) is 0 Å². The maximum atomic E-state index is 3.70. The number of fused-ring (bicyclic) bond motifs is 3. The fraction of sp³-hybridized carbons (Fsp3) is 0.394. The zero-order valence-corrected chi connectivity index (χ0v) is 26.8. The fourth-order valence-electron chi connectivity index (χ4n) is 6.23. The van der Waals surface area contributed by atoms with E-state index >= 15 is 0 Å². The second-order valence-electron chi connectivity index (χ2n) is 10.7. The maximum Gasteiger partial charge on any atom is 0.119 e. The molecule has 37 heavy (non-hydrogen) atoms. The van der Waals surface area contributed by atoms with Gasteiger partial charge < -0.3 is 0 Å². The van der Waals surface area contributed by atoms with Crippen LogP contribution in [0.15, 0.2) is 64.5 Å². The van der Waals surface area contributed by atoms with E-state index < -0.39 is 8.07 Å². The molecule has 0 fully saturated rings. The van der Waals surface area contributed by atoms with Crippen molar-refractivity contribution < 1.29 is 0 Å². The standard InChI is InChI=1S/C33H39BrS2Si/c1-4-6-8-10-20-37(21-11-9-7-5-2)31-22-25(29-17-12-24(3)35-29)13-15-27(31)28-16-14-26(23-32(28)37)30-18-19-33(34)36-30/h12-19,22-23H,4-11,20-21H2,1-3H3. The molecule has 0 amide bonds. The monoisotopic (exact) mass is 606 g/mol. The maximum absolute atomic E-state index is 3.70. The van der Waals surface area contributed by atoms with Crippen LogP contribution in [0.4, 0.5) is 0 Å². The number of benzene rings is 2. The average Bonchev–Trinajstić information content (AvgIpc) is 3.61. The highest BCUT2D eigenvalue weighted by molar-refractivity contribution is 9.11. The topological polar surface area (TPSA) is 0 Å². The van der Waals surface area contributed by atoms with Crippen LogP contribution in [-0.4, -0.2) is 8.07 Å². The summed E-state index contributed by atoms with van der Waals surface area (Å²) in [5.74, 6) is 0. The summed E-state index contributed by atoms with van der Waals surface area (Å²) in [4.78, 5) is 4.19. The Morgan fingerprint density at radius 3 is 1.62 bits per heavy atom. The van der Waals surface area contributed by atoms with Crippen molar-refractivity contribution in [2.45, 2.75) is 84.2 Å². The molecule has 0 aliphatic carbocycles. The average molecular weight is 608 g/mol. The Bertz CT molecular complexity index is 1240.